The Labute approximate surface area is 223 Å². The molecule has 0 aromatic heterocycles. The van der Waals surface area contributed by atoms with Crippen LogP contribution in [0.3, 0.4) is 0 Å². The van der Waals surface area contributed by atoms with Crippen LogP contribution in [0.25, 0.3) is 0 Å². The highest BCUT2D eigenvalue weighted by molar-refractivity contribution is 5.77. The zero-order valence-electron chi connectivity index (χ0n) is 23.9. The molecule has 0 rings (SSSR count). The number of unbranched alkanes of at least 4 members (excludes halogenated alkanes) is 18. The van der Waals surface area contributed by atoms with Crippen LogP contribution in [0.15, 0.2) is 24.3 Å². The van der Waals surface area contributed by atoms with Crippen LogP contribution in [0.2, 0.25) is 0 Å². The van der Waals surface area contributed by atoms with Gasteiger partial charge in [-0.25, -0.2) is 0 Å². The van der Waals surface area contributed by atoms with E-state index in [1.54, 1.807) is 0 Å². The largest absolute Gasteiger partial charge is 0.466 e. The van der Waals surface area contributed by atoms with E-state index in [0.29, 0.717) is 13.2 Å². The summed E-state index contributed by atoms with van der Waals surface area (Å²) in [5.41, 5.74) is 0. The average Bonchev–Trinajstić information content (AvgIpc) is 2.88. The van der Waals surface area contributed by atoms with Crippen molar-refractivity contribution in [3.8, 4) is 0 Å². The van der Waals surface area contributed by atoms with Gasteiger partial charge in [0, 0.05) is 0 Å². The molecule has 0 atom stereocenters. The van der Waals surface area contributed by atoms with E-state index in [9.17, 15) is 9.59 Å². The van der Waals surface area contributed by atoms with Crippen molar-refractivity contribution in [2.45, 2.75) is 155 Å². The molecular formula is C32H58O4. The van der Waals surface area contributed by atoms with E-state index in [2.05, 4.69) is 38.2 Å². The fourth-order valence-electron chi connectivity index (χ4n) is 4.26. The third-order valence-electron chi connectivity index (χ3n) is 6.56. The van der Waals surface area contributed by atoms with Gasteiger partial charge < -0.3 is 9.47 Å². The molecule has 0 heterocycles. The second-order valence-corrected chi connectivity index (χ2v) is 10.0. The standard InChI is InChI=1S/C32H58O4/c1-3-5-7-9-11-13-15-17-19-21-23-25-29-35-31(33)27-28-32(34)36-30-26-24-22-20-18-16-14-12-10-8-6-4-2/h3-6H,7-30H2,1-2H3/b5-3+,6-4+. The van der Waals surface area contributed by atoms with E-state index in [1.807, 2.05) is 0 Å². The summed E-state index contributed by atoms with van der Waals surface area (Å²) in [6.07, 6.45) is 33.7. The summed E-state index contributed by atoms with van der Waals surface area (Å²) < 4.78 is 10.5. The highest BCUT2D eigenvalue weighted by Gasteiger charge is 2.09. The Bertz CT molecular complexity index is 490. The van der Waals surface area contributed by atoms with Gasteiger partial charge in [-0.15, -0.1) is 0 Å². The van der Waals surface area contributed by atoms with Crippen LogP contribution in [-0.2, 0) is 19.1 Å². The Morgan fingerprint density at radius 1 is 0.444 bits per heavy atom. The Morgan fingerprint density at radius 2 is 0.722 bits per heavy atom. The van der Waals surface area contributed by atoms with Gasteiger partial charge in [-0.1, -0.05) is 114 Å². The zero-order valence-corrected chi connectivity index (χ0v) is 23.9. The van der Waals surface area contributed by atoms with Crippen LogP contribution < -0.4 is 0 Å². The predicted molar refractivity (Wildman–Crippen MR) is 153 cm³/mol. The van der Waals surface area contributed by atoms with Gasteiger partial charge in [0.05, 0.1) is 26.1 Å². The van der Waals surface area contributed by atoms with Gasteiger partial charge >= 0.3 is 11.9 Å². The van der Waals surface area contributed by atoms with Crippen LogP contribution in [0.5, 0.6) is 0 Å². The number of esters is 2. The first kappa shape index (κ1) is 34.4. The summed E-state index contributed by atoms with van der Waals surface area (Å²) in [5, 5.41) is 0. The fourth-order valence-corrected chi connectivity index (χ4v) is 4.26. The number of carbonyl (C=O) groups is 2. The van der Waals surface area contributed by atoms with Crippen molar-refractivity contribution in [2.75, 3.05) is 13.2 Å². The van der Waals surface area contributed by atoms with E-state index >= 15 is 0 Å². The molecule has 0 aromatic rings. The maximum Gasteiger partial charge on any atom is 0.306 e. The third kappa shape index (κ3) is 28.7. The van der Waals surface area contributed by atoms with Gasteiger partial charge in [0.2, 0.25) is 0 Å². The Kier molecular flexibility index (Phi) is 28.3. The summed E-state index contributed by atoms with van der Waals surface area (Å²) in [4.78, 5) is 23.6. The van der Waals surface area contributed by atoms with E-state index in [0.717, 1.165) is 25.7 Å². The molecule has 0 aromatic carbocycles. The van der Waals surface area contributed by atoms with Crippen molar-refractivity contribution in [3.63, 3.8) is 0 Å². The smallest absolute Gasteiger partial charge is 0.306 e. The predicted octanol–water partition coefficient (Wildman–Crippen LogP) is 9.81. The minimum absolute atomic E-state index is 0.127. The molecule has 0 unspecified atom stereocenters. The first-order valence-corrected chi connectivity index (χ1v) is 15.2. The summed E-state index contributed by atoms with van der Waals surface area (Å²) >= 11 is 0. The molecule has 0 bridgehead atoms. The third-order valence-corrected chi connectivity index (χ3v) is 6.56. The molecule has 0 saturated carbocycles. The first-order chi connectivity index (χ1) is 17.7. The minimum atomic E-state index is -0.285. The average molecular weight is 507 g/mol. The maximum atomic E-state index is 11.8. The number of allylic oxidation sites excluding steroid dienone is 4. The summed E-state index contributed by atoms with van der Waals surface area (Å²) in [5.74, 6) is -0.571. The van der Waals surface area contributed by atoms with Crippen molar-refractivity contribution in [1.29, 1.82) is 0 Å². The van der Waals surface area contributed by atoms with Crippen molar-refractivity contribution >= 4 is 11.9 Å². The van der Waals surface area contributed by atoms with Gasteiger partial charge in [-0.05, 0) is 52.4 Å². The lowest BCUT2D eigenvalue weighted by Gasteiger charge is -2.06. The van der Waals surface area contributed by atoms with Crippen molar-refractivity contribution in [2.24, 2.45) is 0 Å². The second kappa shape index (κ2) is 29.6. The minimum Gasteiger partial charge on any atom is -0.466 e. The lowest BCUT2D eigenvalue weighted by atomic mass is 10.1. The molecule has 4 heteroatoms. The Hall–Kier alpha value is -1.58. The highest BCUT2D eigenvalue weighted by atomic mass is 16.5. The quantitative estimate of drug-likeness (QED) is 0.0632. The zero-order chi connectivity index (χ0) is 26.4. The molecule has 0 spiro atoms. The lowest BCUT2D eigenvalue weighted by molar-refractivity contribution is -0.150. The normalized spacial score (nSPS) is 11.5. The molecule has 0 aliphatic carbocycles. The van der Waals surface area contributed by atoms with Crippen LogP contribution >= 0.6 is 0 Å². The maximum absolute atomic E-state index is 11.8. The molecular weight excluding hydrogens is 448 g/mol. The number of hydrogen-bond acceptors (Lipinski definition) is 4. The SMILES string of the molecule is C/C=C/CCCCCCCCCCCOC(=O)CCC(=O)OCCCCCCCCCCC/C=C/C. The summed E-state index contributed by atoms with van der Waals surface area (Å²) in [6, 6.07) is 0. The molecule has 0 amide bonds. The molecule has 0 radical (unpaired) electrons. The van der Waals surface area contributed by atoms with E-state index in [1.165, 1.54) is 103 Å². The van der Waals surface area contributed by atoms with Crippen LogP contribution in [0.4, 0.5) is 0 Å². The molecule has 0 aliphatic rings. The second-order valence-electron chi connectivity index (χ2n) is 10.0. The molecule has 4 nitrogen and oxygen atoms in total. The summed E-state index contributed by atoms with van der Waals surface area (Å²) in [6.45, 7) is 5.10. The van der Waals surface area contributed by atoms with Gasteiger partial charge in [0.15, 0.2) is 0 Å². The van der Waals surface area contributed by atoms with E-state index in [4.69, 9.17) is 9.47 Å². The van der Waals surface area contributed by atoms with Crippen molar-refractivity contribution in [3.05, 3.63) is 24.3 Å². The Morgan fingerprint density at radius 3 is 1.03 bits per heavy atom. The summed E-state index contributed by atoms with van der Waals surface area (Å²) in [7, 11) is 0. The highest BCUT2D eigenvalue weighted by Crippen LogP contribution is 2.12. The number of ether oxygens (including phenoxy) is 2. The van der Waals surface area contributed by atoms with Gasteiger partial charge in [-0.3, -0.25) is 9.59 Å². The first-order valence-electron chi connectivity index (χ1n) is 15.2. The van der Waals surface area contributed by atoms with Gasteiger partial charge in [0.1, 0.15) is 0 Å². The monoisotopic (exact) mass is 506 g/mol. The fraction of sp³-hybridized carbons (Fsp3) is 0.812. The number of carbonyl (C=O) groups excluding carboxylic acids is 2. The van der Waals surface area contributed by atoms with Crippen molar-refractivity contribution in [1.82, 2.24) is 0 Å². The topological polar surface area (TPSA) is 52.6 Å². The molecule has 0 fully saturated rings. The van der Waals surface area contributed by atoms with E-state index < -0.39 is 0 Å². The number of hydrogen-bond donors (Lipinski definition) is 0. The van der Waals surface area contributed by atoms with Gasteiger partial charge in [-0.2, -0.15) is 0 Å². The molecule has 0 N–H and O–H groups in total. The lowest BCUT2D eigenvalue weighted by Crippen LogP contribution is -2.11. The molecule has 0 saturated heterocycles. The van der Waals surface area contributed by atoms with Crippen LogP contribution in [-0.4, -0.2) is 25.2 Å². The molecule has 36 heavy (non-hydrogen) atoms. The van der Waals surface area contributed by atoms with Gasteiger partial charge in [0.25, 0.3) is 0 Å². The number of rotatable bonds is 27. The molecule has 0 aliphatic heterocycles. The van der Waals surface area contributed by atoms with E-state index in [-0.39, 0.29) is 24.8 Å². The van der Waals surface area contributed by atoms with Crippen LogP contribution in [0, 0.1) is 0 Å². The Balaban J connectivity index is 3.31. The molecule has 210 valence electrons. The van der Waals surface area contributed by atoms with Crippen LogP contribution in [0.1, 0.15) is 155 Å². The van der Waals surface area contributed by atoms with Crippen molar-refractivity contribution < 1.29 is 19.1 Å².